The summed E-state index contributed by atoms with van der Waals surface area (Å²) in [5.41, 5.74) is 4.87. The molecule has 0 unspecified atom stereocenters. The molecule has 2 saturated heterocycles. The van der Waals surface area contributed by atoms with Crippen LogP contribution in [-0.2, 0) is 14.2 Å². The molecule has 7 rings (SSSR count). The van der Waals surface area contributed by atoms with Crippen LogP contribution < -0.4 is 14.8 Å². The summed E-state index contributed by atoms with van der Waals surface area (Å²) < 4.78 is 32.1. The molecule has 1 N–H and O–H groups in total. The van der Waals surface area contributed by atoms with Gasteiger partial charge in [0.1, 0.15) is 43.2 Å². The van der Waals surface area contributed by atoms with E-state index in [1.54, 1.807) is 6.33 Å². The molecule has 37 heavy (non-hydrogen) atoms. The van der Waals surface area contributed by atoms with E-state index in [4.69, 9.17) is 28.7 Å². The number of aromatic nitrogens is 3. The standard InChI is InChI=1S/C28H28N4O5/c1-16-6-4-5-7-18(16)19-13-32(27-24-22(14-35-27)36-28(2,3)37-24)26-23(19)25(29-15-30-26)31-17-8-9-20-21(12-17)34-11-10-33-20/h4-9,12-13,15,22,24,27H,10-11,14H2,1-3H3,(H,29,30,31)/t22-,24-,27-/m1/s1. The average Bonchev–Trinajstić information content (AvgIpc) is 3.54. The van der Waals surface area contributed by atoms with E-state index in [1.165, 1.54) is 0 Å². The van der Waals surface area contributed by atoms with Crippen molar-refractivity contribution in [3.63, 3.8) is 0 Å². The molecule has 2 aromatic heterocycles. The highest BCUT2D eigenvalue weighted by molar-refractivity contribution is 6.02. The number of hydrogen-bond donors (Lipinski definition) is 1. The van der Waals surface area contributed by atoms with Crippen LogP contribution in [0.2, 0.25) is 0 Å². The van der Waals surface area contributed by atoms with Crippen LogP contribution in [0.15, 0.2) is 55.0 Å². The van der Waals surface area contributed by atoms with Gasteiger partial charge in [-0.25, -0.2) is 9.97 Å². The molecule has 190 valence electrons. The summed E-state index contributed by atoms with van der Waals surface area (Å²) in [6.45, 7) is 7.52. The second-order valence-corrected chi connectivity index (χ2v) is 10.0. The van der Waals surface area contributed by atoms with Crippen LogP contribution in [0.25, 0.3) is 22.2 Å². The number of benzene rings is 2. The maximum Gasteiger partial charge on any atom is 0.164 e. The topological polar surface area (TPSA) is 88.9 Å². The van der Waals surface area contributed by atoms with E-state index in [2.05, 4.69) is 40.1 Å². The van der Waals surface area contributed by atoms with Crippen LogP contribution in [-0.4, -0.2) is 52.4 Å². The van der Waals surface area contributed by atoms with Crippen molar-refractivity contribution in [2.75, 3.05) is 25.1 Å². The smallest absolute Gasteiger partial charge is 0.164 e. The van der Waals surface area contributed by atoms with Crippen molar-refractivity contribution in [2.45, 2.75) is 45.0 Å². The number of anilines is 2. The molecule has 2 aromatic carbocycles. The zero-order valence-corrected chi connectivity index (χ0v) is 20.9. The molecule has 0 bridgehead atoms. The number of nitrogens with one attached hydrogen (secondary N) is 1. The number of ether oxygens (including phenoxy) is 5. The van der Waals surface area contributed by atoms with Gasteiger partial charge in [0.05, 0.1) is 12.0 Å². The predicted octanol–water partition coefficient (Wildman–Crippen LogP) is 4.97. The van der Waals surface area contributed by atoms with Crippen molar-refractivity contribution < 1.29 is 23.7 Å². The van der Waals surface area contributed by atoms with Crippen LogP contribution in [0.1, 0.15) is 25.6 Å². The zero-order valence-electron chi connectivity index (χ0n) is 20.9. The first-order valence-electron chi connectivity index (χ1n) is 12.5. The minimum Gasteiger partial charge on any atom is -0.486 e. The number of aryl methyl sites for hydroxylation is 1. The van der Waals surface area contributed by atoms with Crippen molar-refractivity contribution in [3.05, 3.63) is 60.6 Å². The summed E-state index contributed by atoms with van der Waals surface area (Å²) in [5.74, 6) is 1.49. The third-order valence-corrected chi connectivity index (χ3v) is 7.06. The second kappa shape index (κ2) is 8.44. The van der Waals surface area contributed by atoms with Gasteiger partial charge in [0.25, 0.3) is 0 Å². The lowest BCUT2D eigenvalue weighted by atomic mass is 10.0. The molecule has 3 aliphatic rings. The maximum atomic E-state index is 6.25. The van der Waals surface area contributed by atoms with E-state index in [9.17, 15) is 0 Å². The van der Waals surface area contributed by atoms with Crippen molar-refractivity contribution in [3.8, 4) is 22.6 Å². The third-order valence-electron chi connectivity index (χ3n) is 7.06. The number of nitrogens with zero attached hydrogens (tertiary/aromatic N) is 3. The lowest BCUT2D eigenvalue weighted by Crippen LogP contribution is -2.27. The Kier molecular flexibility index (Phi) is 5.14. The minimum atomic E-state index is -0.654. The summed E-state index contributed by atoms with van der Waals surface area (Å²) in [7, 11) is 0. The fourth-order valence-corrected chi connectivity index (χ4v) is 5.47. The monoisotopic (exact) mass is 500 g/mol. The van der Waals surface area contributed by atoms with Gasteiger partial charge >= 0.3 is 0 Å². The Bertz CT molecular complexity index is 1500. The number of rotatable bonds is 4. The molecule has 4 aromatic rings. The van der Waals surface area contributed by atoms with Crippen molar-refractivity contribution in [1.82, 2.24) is 14.5 Å². The quantitative estimate of drug-likeness (QED) is 0.420. The van der Waals surface area contributed by atoms with Gasteiger partial charge in [-0.05, 0) is 44.0 Å². The highest BCUT2D eigenvalue weighted by atomic mass is 16.8. The lowest BCUT2D eigenvalue weighted by Gasteiger charge is -2.23. The molecule has 9 nitrogen and oxygen atoms in total. The Balaban J connectivity index is 1.36. The Morgan fingerprint density at radius 2 is 1.81 bits per heavy atom. The molecular formula is C28H28N4O5. The average molecular weight is 501 g/mol. The Labute approximate surface area is 214 Å². The van der Waals surface area contributed by atoms with Crippen molar-refractivity contribution in [1.29, 1.82) is 0 Å². The number of fused-ring (bicyclic) bond motifs is 3. The van der Waals surface area contributed by atoms with E-state index in [0.717, 1.165) is 39.2 Å². The summed E-state index contributed by atoms with van der Waals surface area (Å²) in [6, 6.07) is 14.1. The lowest BCUT2D eigenvalue weighted by molar-refractivity contribution is -0.183. The van der Waals surface area contributed by atoms with E-state index >= 15 is 0 Å². The van der Waals surface area contributed by atoms with Gasteiger partial charge in [-0.1, -0.05) is 24.3 Å². The van der Waals surface area contributed by atoms with E-state index < -0.39 is 5.79 Å². The van der Waals surface area contributed by atoms with Gasteiger partial charge in [-0.15, -0.1) is 0 Å². The number of hydrogen-bond acceptors (Lipinski definition) is 8. The summed E-state index contributed by atoms with van der Waals surface area (Å²) in [6.07, 6.45) is 2.93. The van der Waals surface area contributed by atoms with Crippen LogP contribution in [0.4, 0.5) is 11.5 Å². The third kappa shape index (κ3) is 3.81. The highest BCUT2D eigenvalue weighted by Crippen LogP contribution is 2.44. The molecule has 9 heteroatoms. The van der Waals surface area contributed by atoms with Crippen molar-refractivity contribution >= 4 is 22.5 Å². The maximum absolute atomic E-state index is 6.25. The summed E-state index contributed by atoms with van der Waals surface area (Å²) >= 11 is 0. The molecular weight excluding hydrogens is 472 g/mol. The van der Waals surface area contributed by atoms with E-state index in [-0.39, 0.29) is 18.4 Å². The zero-order chi connectivity index (χ0) is 25.1. The highest BCUT2D eigenvalue weighted by Gasteiger charge is 2.51. The Hall–Kier alpha value is -3.66. The van der Waals surface area contributed by atoms with Gasteiger partial charge in [-0.2, -0.15) is 0 Å². The molecule has 0 aliphatic carbocycles. The second-order valence-electron chi connectivity index (χ2n) is 10.0. The van der Waals surface area contributed by atoms with Crippen LogP contribution in [0.5, 0.6) is 11.5 Å². The SMILES string of the molecule is Cc1ccccc1-c1cn([C@@H]2OC[C@H]3OC(C)(C)O[C@@H]23)c2ncnc(Nc3ccc4c(c3)OCCO4)c12. The van der Waals surface area contributed by atoms with Crippen LogP contribution >= 0.6 is 0 Å². The summed E-state index contributed by atoms with van der Waals surface area (Å²) in [5, 5.41) is 4.39. The molecule has 2 fully saturated rings. The van der Waals surface area contributed by atoms with Crippen LogP contribution in [0, 0.1) is 6.92 Å². The first-order valence-corrected chi connectivity index (χ1v) is 12.5. The molecule has 0 saturated carbocycles. The van der Waals surface area contributed by atoms with Gasteiger partial charge in [0.2, 0.25) is 0 Å². The first kappa shape index (κ1) is 22.5. The summed E-state index contributed by atoms with van der Waals surface area (Å²) in [4.78, 5) is 9.37. The van der Waals surface area contributed by atoms with Crippen LogP contribution in [0.3, 0.4) is 0 Å². The van der Waals surface area contributed by atoms with Gasteiger partial charge < -0.3 is 33.6 Å². The van der Waals surface area contributed by atoms with Gasteiger partial charge in [0, 0.05) is 23.5 Å². The van der Waals surface area contributed by atoms with E-state index in [0.29, 0.717) is 31.4 Å². The largest absolute Gasteiger partial charge is 0.486 e. The fraction of sp³-hybridized carbons (Fsp3) is 0.357. The predicted molar refractivity (Wildman–Crippen MR) is 137 cm³/mol. The molecule has 3 aliphatic heterocycles. The normalized spacial score (nSPS) is 23.8. The first-order chi connectivity index (χ1) is 18.0. The Morgan fingerprint density at radius 1 is 0.973 bits per heavy atom. The van der Waals surface area contributed by atoms with Gasteiger partial charge in [0.15, 0.2) is 23.5 Å². The molecule has 0 radical (unpaired) electrons. The molecule has 5 heterocycles. The van der Waals surface area contributed by atoms with Crippen molar-refractivity contribution in [2.24, 2.45) is 0 Å². The molecule has 0 amide bonds. The Morgan fingerprint density at radius 3 is 2.68 bits per heavy atom. The fourth-order valence-electron chi connectivity index (χ4n) is 5.47. The molecule has 3 atom stereocenters. The van der Waals surface area contributed by atoms with Gasteiger partial charge in [-0.3, -0.25) is 0 Å². The van der Waals surface area contributed by atoms with E-state index in [1.807, 2.05) is 44.2 Å². The molecule has 0 spiro atoms. The minimum absolute atomic E-state index is 0.128.